The maximum Gasteiger partial charge on any atom is 0.309 e. The van der Waals surface area contributed by atoms with Crippen molar-refractivity contribution in [1.82, 2.24) is 19.9 Å². The van der Waals surface area contributed by atoms with Crippen LogP contribution in [0.1, 0.15) is 44.5 Å². The molecule has 0 fully saturated rings. The number of methoxy groups -OCH3 is 1. The number of nitrogens with one attached hydrogen (secondary N) is 1. The summed E-state index contributed by atoms with van der Waals surface area (Å²) in [6.07, 6.45) is 4.44. The van der Waals surface area contributed by atoms with E-state index in [-0.39, 0.29) is 12.4 Å². The third kappa shape index (κ3) is 4.67. The molecule has 3 rings (SSSR count). The Morgan fingerprint density at radius 3 is 2.76 bits per heavy atom. The van der Waals surface area contributed by atoms with Crippen LogP contribution in [-0.4, -0.2) is 40.7 Å². The van der Waals surface area contributed by atoms with E-state index in [9.17, 15) is 4.79 Å². The van der Waals surface area contributed by atoms with Crippen LogP contribution in [0.25, 0.3) is 21.9 Å². The fourth-order valence-corrected chi connectivity index (χ4v) is 3.61. The van der Waals surface area contributed by atoms with Gasteiger partial charge in [-0.05, 0) is 31.0 Å². The van der Waals surface area contributed by atoms with Crippen LogP contribution in [0.4, 0.5) is 5.82 Å². The van der Waals surface area contributed by atoms with Crippen LogP contribution >= 0.6 is 0 Å². The number of hydrogen-bond donors (Lipinski definition) is 2. The summed E-state index contributed by atoms with van der Waals surface area (Å²) in [6.45, 7) is 7.06. The molecule has 7 heteroatoms. The molecule has 7 nitrogen and oxygen atoms in total. The number of nitrogen functional groups attached to an aromatic ring is 1. The third-order valence-electron chi connectivity index (χ3n) is 5.12. The minimum Gasteiger partial charge on any atom is -0.469 e. The summed E-state index contributed by atoms with van der Waals surface area (Å²) >= 11 is 0. The number of carbonyl (C=O) groups is 1. The Bertz CT molecular complexity index is 996. The van der Waals surface area contributed by atoms with Crippen LogP contribution in [0.5, 0.6) is 0 Å². The van der Waals surface area contributed by atoms with E-state index in [4.69, 9.17) is 15.5 Å². The zero-order valence-electron chi connectivity index (χ0n) is 17.6. The number of unbranched alkanes of at least 4 members (excludes halogenated alkanes) is 1. The second kappa shape index (κ2) is 9.69. The summed E-state index contributed by atoms with van der Waals surface area (Å²) in [7, 11) is 1.39. The average molecular weight is 398 g/mol. The van der Waals surface area contributed by atoms with Gasteiger partial charge in [-0.1, -0.05) is 32.4 Å². The number of nitrogens with two attached hydrogens (primary N) is 1. The van der Waals surface area contributed by atoms with Crippen molar-refractivity contribution in [1.29, 1.82) is 0 Å². The number of fused-ring (bicyclic) bond motifs is 3. The Kier molecular flexibility index (Phi) is 7.04. The Hall–Kier alpha value is -2.67. The molecule has 3 aromatic rings. The van der Waals surface area contributed by atoms with E-state index >= 15 is 0 Å². The third-order valence-corrected chi connectivity index (χ3v) is 5.12. The molecule has 0 unspecified atom stereocenters. The molecule has 0 aliphatic carbocycles. The van der Waals surface area contributed by atoms with Crippen LogP contribution in [0.2, 0.25) is 0 Å². The number of rotatable bonds is 10. The summed E-state index contributed by atoms with van der Waals surface area (Å²) < 4.78 is 7.06. The summed E-state index contributed by atoms with van der Waals surface area (Å²) in [5.41, 5.74) is 9.72. The lowest BCUT2D eigenvalue weighted by molar-refractivity contribution is -0.139. The highest BCUT2D eigenvalue weighted by Gasteiger charge is 2.17. The monoisotopic (exact) mass is 397 g/mol. The molecule has 0 saturated carbocycles. The molecule has 1 aromatic carbocycles. The zero-order chi connectivity index (χ0) is 20.8. The first-order valence-electron chi connectivity index (χ1n) is 10.4. The Morgan fingerprint density at radius 2 is 2.03 bits per heavy atom. The Labute approximate surface area is 171 Å². The van der Waals surface area contributed by atoms with E-state index in [1.165, 1.54) is 7.11 Å². The van der Waals surface area contributed by atoms with Gasteiger partial charge in [0.15, 0.2) is 5.82 Å². The number of nitrogens with zero attached hydrogens (tertiary/aromatic N) is 3. The summed E-state index contributed by atoms with van der Waals surface area (Å²) in [5, 5.41) is 4.48. The molecular formula is C22H31N5O2. The highest BCUT2D eigenvalue weighted by atomic mass is 16.5. The van der Waals surface area contributed by atoms with E-state index in [1.807, 2.05) is 18.2 Å². The van der Waals surface area contributed by atoms with Crippen LogP contribution in [0.3, 0.4) is 0 Å². The number of anilines is 1. The molecule has 2 heterocycles. The van der Waals surface area contributed by atoms with Crippen molar-refractivity contribution in [3.8, 4) is 0 Å². The van der Waals surface area contributed by atoms with E-state index < -0.39 is 0 Å². The van der Waals surface area contributed by atoms with Gasteiger partial charge in [0.05, 0.1) is 24.6 Å². The minimum absolute atomic E-state index is 0.216. The lowest BCUT2D eigenvalue weighted by Gasteiger charge is -2.12. The number of aryl methyl sites for hydroxylation is 1. The quantitative estimate of drug-likeness (QED) is 0.403. The van der Waals surface area contributed by atoms with E-state index in [1.54, 1.807) is 0 Å². The number of pyridine rings is 1. The standard InChI is InChI=1S/C22H31N5O2/c1-4-6-7-18-26-20-21(27(18)12-11-24-10-5-2)16-9-8-15(14-19(28)29-3)13-17(16)25-22(20)23/h8-9,13,24H,4-7,10-12,14H2,1-3H3,(H2,23,25). The van der Waals surface area contributed by atoms with Gasteiger partial charge in [-0.3, -0.25) is 4.79 Å². The van der Waals surface area contributed by atoms with Crippen LogP contribution in [-0.2, 0) is 28.9 Å². The SMILES string of the molecule is CCCCc1nc2c(N)nc3cc(CC(=O)OC)ccc3c2n1CCNCCC. The summed E-state index contributed by atoms with van der Waals surface area (Å²) in [4.78, 5) is 21.1. The number of aromatic nitrogens is 3. The van der Waals surface area contributed by atoms with E-state index in [0.717, 1.165) is 78.6 Å². The molecule has 0 atom stereocenters. The number of esters is 1. The molecule has 3 N–H and O–H groups in total. The largest absolute Gasteiger partial charge is 0.469 e. The molecule has 0 spiro atoms. The molecule has 29 heavy (non-hydrogen) atoms. The van der Waals surface area contributed by atoms with Gasteiger partial charge in [0.1, 0.15) is 11.3 Å². The number of benzene rings is 1. The van der Waals surface area contributed by atoms with Gasteiger partial charge in [0.2, 0.25) is 0 Å². The van der Waals surface area contributed by atoms with Gasteiger partial charge >= 0.3 is 5.97 Å². The van der Waals surface area contributed by atoms with Crippen LogP contribution in [0, 0.1) is 0 Å². The zero-order valence-corrected chi connectivity index (χ0v) is 17.6. The first-order chi connectivity index (χ1) is 14.1. The smallest absolute Gasteiger partial charge is 0.309 e. The number of imidazole rings is 1. The maximum absolute atomic E-state index is 11.6. The second-order valence-corrected chi connectivity index (χ2v) is 7.33. The van der Waals surface area contributed by atoms with Crippen molar-refractivity contribution in [2.75, 3.05) is 25.9 Å². The number of carbonyl (C=O) groups excluding carboxylic acids is 1. The molecule has 0 aliphatic heterocycles. The van der Waals surface area contributed by atoms with Crippen molar-refractivity contribution < 1.29 is 9.53 Å². The van der Waals surface area contributed by atoms with Gasteiger partial charge in [0.25, 0.3) is 0 Å². The molecule has 0 radical (unpaired) electrons. The van der Waals surface area contributed by atoms with Gasteiger partial charge in [-0.15, -0.1) is 0 Å². The normalized spacial score (nSPS) is 11.4. The van der Waals surface area contributed by atoms with Crippen molar-refractivity contribution in [2.24, 2.45) is 0 Å². The van der Waals surface area contributed by atoms with Crippen molar-refractivity contribution in [2.45, 2.75) is 52.5 Å². The predicted octanol–water partition coefficient (Wildman–Crippen LogP) is 3.22. The summed E-state index contributed by atoms with van der Waals surface area (Å²) in [6, 6.07) is 5.89. The average Bonchev–Trinajstić information content (AvgIpc) is 3.08. The number of hydrogen-bond acceptors (Lipinski definition) is 6. The number of ether oxygens (including phenoxy) is 1. The van der Waals surface area contributed by atoms with Crippen LogP contribution in [0.15, 0.2) is 18.2 Å². The molecule has 0 amide bonds. The second-order valence-electron chi connectivity index (χ2n) is 7.33. The first kappa shape index (κ1) is 21.0. The first-order valence-corrected chi connectivity index (χ1v) is 10.4. The predicted molar refractivity (Wildman–Crippen MR) is 117 cm³/mol. The molecule has 2 aromatic heterocycles. The highest BCUT2D eigenvalue weighted by molar-refractivity contribution is 6.06. The van der Waals surface area contributed by atoms with Crippen molar-refractivity contribution >= 4 is 33.7 Å². The van der Waals surface area contributed by atoms with Crippen molar-refractivity contribution in [3.63, 3.8) is 0 Å². The fourth-order valence-electron chi connectivity index (χ4n) is 3.61. The molecule has 0 saturated heterocycles. The Balaban J connectivity index is 2.09. The van der Waals surface area contributed by atoms with E-state index in [0.29, 0.717) is 5.82 Å². The fraction of sp³-hybridized carbons (Fsp3) is 0.500. The minimum atomic E-state index is -0.271. The maximum atomic E-state index is 11.6. The van der Waals surface area contributed by atoms with Gasteiger partial charge < -0.3 is 20.4 Å². The lowest BCUT2D eigenvalue weighted by atomic mass is 10.1. The molecular weight excluding hydrogens is 366 g/mol. The van der Waals surface area contributed by atoms with Crippen LogP contribution < -0.4 is 11.1 Å². The summed E-state index contributed by atoms with van der Waals surface area (Å²) in [5.74, 6) is 1.22. The Morgan fingerprint density at radius 1 is 1.21 bits per heavy atom. The molecule has 0 aliphatic rings. The van der Waals surface area contributed by atoms with Crippen molar-refractivity contribution in [3.05, 3.63) is 29.6 Å². The molecule has 156 valence electrons. The van der Waals surface area contributed by atoms with Gasteiger partial charge in [0, 0.05) is 24.9 Å². The molecule has 0 bridgehead atoms. The van der Waals surface area contributed by atoms with Gasteiger partial charge in [-0.2, -0.15) is 0 Å². The van der Waals surface area contributed by atoms with Gasteiger partial charge in [-0.25, -0.2) is 9.97 Å². The lowest BCUT2D eigenvalue weighted by Crippen LogP contribution is -2.21. The highest BCUT2D eigenvalue weighted by Crippen LogP contribution is 2.30. The topological polar surface area (TPSA) is 95.1 Å². The van der Waals surface area contributed by atoms with E-state index in [2.05, 4.69) is 28.7 Å².